The van der Waals surface area contributed by atoms with Crippen molar-refractivity contribution in [3.05, 3.63) is 35.6 Å². The molecule has 0 amide bonds. The Morgan fingerprint density at radius 3 is 2.37 bits per heavy atom. The molecular formula is C15H19FO3. The van der Waals surface area contributed by atoms with Crippen molar-refractivity contribution in [3.8, 4) is 0 Å². The molecular weight excluding hydrogens is 247 g/mol. The van der Waals surface area contributed by atoms with E-state index < -0.39 is 11.6 Å². The van der Waals surface area contributed by atoms with Crippen LogP contribution in [0.1, 0.15) is 37.7 Å². The zero-order valence-electron chi connectivity index (χ0n) is 11.1. The number of halogens is 1. The van der Waals surface area contributed by atoms with E-state index >= 15 is 0 Å². The molecule has 1 aromatic carbocycles. The molecule has 0 spiro atoms. The van der Waals surface area contributed by atoms with Crippen LogP contribution < -0.4 is 0 Å². The molecule has 19 heavy (non-hydrogen) atoms. The quantitative estimate of drug-likeness (QED) is 0.856. The summed E-state index contributed by atoms with van der Waals surface area (Å²) in [5, 5.41) is 10.9. The van der Waals surface area contributed by atoms with Crippen molar-refractivity contribution < 1.29 is 19.0 Å². The third-order valence-corrected chi connectivity index (χ3v) is 3.98. The maximum absolute atomic E-state index is 13.0. The van der Waals surface area contributed by atoms with E-state index in [0.717, 1.165) is 32.1 Å². The smallest absolute Gasteiger partial charge is 0.342 e. The number of aliphatic hydroxyl groups is 1. The van der Waals surface area contributed by atoms with Crippen LogP contribution >= 0.6 is 0 Å². The Bertz CT molecular complexity index is 437. The lowest BCUT2D eigenvalue weighted by molar-refractivity contribution is -0.172. The summed E-state index contributed by atoms with van der Waals surface area (Å²) in [6.45, 7) is 0. The first-order chi connectivity index (χ1) is 9.09. The largest absolute Gasteiger partial charge is 0.467 e. The predicted octanol–water partition coefficient (Wildman–Crippen LogP) is 2.77. The second-order valence-corrected chi connectivity index (χ2v) is 5.10. The monoisotopic (exact) mass is 266 g/mol. The normalized spacial score (nSPS) is 19.7. The Morgan fingerprint density at radius 2 is 1.84 bits per heavy atom. The van der Waals surface area contributed by atoms with E-state index in [9.17, 15) is 14.3 Å². The van der Waals surface area contributed by atoms with Gasteiger partial charge in [0.2, 0.25) is 0 Å². The van der Waals surface area contributed by atoms with Crippen molar-refractivity contribution >= 4 is 5.97 Å². The van der Waals surface area contributed by atoms with Gasteiger partial charge in [-0.25, -0.2) is 9.18 Å². The molecule has 0 aromatic heterocycles. The third kappa shape index (κ3) is 2.63. The van der Waals surface area contributed by atoms with Crippen LogP contribution in [0.2, 0.25) is 0 Å². The molecule has 1 fully saturated rings. The fourth-order valence-corrected chi connectivity index (χ4v) is 2.90. The van der Waals surface area contributed by atoms with Gasteiger partial charge in [0.05, 0.1) is 7.11 Å². The number of ether oxygens (including phenoxy) is 1. The average Bonchev–Trinajstić information content (AvgIpc) is 2.47. The average molecular weight is 266 g/mol. The lowest BCUT2D eigenvalue weighted by Crippen LogP contribution is -2.44. The Kier molecular flexibility index (Phi) is 4.20. The summed E-state index contributed by atoms with van der Waals surface area (Å²) in [6, 6.07) is 5.43. The molecule has 0 saturated heterocycles. The zero-order valence-corrected chi connectivity index (χ0v) is 11.1. The summed E-state index contributed by atoms with van der Waals surface area (Å²) in [7, 11) is 1.26. The molecule has 1 aliphatic carbocycles. The van der Waals surface area contributed by atoms with Gasteiger partial charge in [-0.15, -0.1) is 0 Å². The second-order valence-electron chi connectivity index (χ2n) is 5.10. The van der Waals surface area contributed by atoms with E-state index in [2.05, 4.69) is 0 Å². The number of benzene rings is 1. The van der Waals surface area contributed by atoms with Gasteiger partial charge in [0.1, 0.15) is 5.82 Å². The molecule has 4 heteroatoms. The summed E-state index contributed by atoms with van der Waals surface area (Å²) in [6.07, 6.45) is 4.67. The van der Waals surface area contributed by atoms with Gasteiger partial charge < -0.3 is 9.84 Å². The summed E-state index contributed by atoms with van der Waals surface area (Å²) < 4.78 is 17.8. The van der Waals surface area contributed by atoms with E-state index in [1.807, 2.05) is 0 Å². The molecule has 104 valence electrons. The maximum Gasteiger partial charge on any atom is 0.342 e. The van der Waals surface area contributed by atoms with Crippen LogP contribution in [0.4, 0.5) is 4.39 Å². The SMILES string of the molecule is COC(=O)C(O)(c1ccc(F)cc1)C1CCCCC1. The number of methoxy groups -OCH3 is 1. The lowest BCUT2D eigenvalue weighted by atomic mass is 9.73. The van der Waals surface area contributed by atoms with E-state index in [1.54, 1.807) is 0 Å². The number of carbonyl (C=O) groups is 1. The van der Waals surface area contributed by atoms with Crippen molar-refractivity contribution in [3.63, 3.8) is 0 Å². The second kappa shape index (κ2) is 5.70. The van der Waals surface area contributed by atoms with E-state index in [0.29, 0.717) is 5.56 Å². The van der Waals surface area contributed by atoms with Gasteiger partial charge in [0.25, 0.3) is 0 Å². The molecule has 1 atom stereocenters. The highest BCUT2D eigenvalue weighted by molar-refractivity contribution is 5.81. The number of esters is 1. The van der Waals surface area contributed by atoms with Crippen LogP contribution in [0.15, 0.2) is 24.3 Å². The van der Waals surface area contributed by atoms with Crippen molar-refractivity contribution in [2.45, 2.75) is 37.7 Å². The van der Waals surface area contributed by atoms with Gasteiger partial charge >= 0.3 is 5.97 Å². The predicted molar refractivity (Wildman–Crippen MR) is 68.9 cm³/mol. The summed E-state index contributed by atoms with van der Waals surface area (Å²) in [5.74, 6) is -1.22. The molecule has 2 rings (SSSR count). The van der Waals surface area contributed by atoms with Crippen LogP contribution in [0.25, 0.3) is 0 Å². The van der Waals surface area contributed by atoms with Crippen LogP contribution in [-0.4, -0.2) is 18.2 Å². The van der Waals surface area contributed by atoms with E-state index in [1.165, 1.54) is 31.4 Å². The van der Waals surface area contributed by atoms with E-state index in [-0.39, 0.29) is 11.7 Å². The van der Waals surface area contributed by atoms with Crippen LogP contribution in [0.5, 0.6) is 0 Å². The highest BCUT2D eigenvalue weighted by Gasteiger charge is 2.46. The third-order valence-electron chi connectivity index (χ3n) is 3.98. The van der Waals surface area contributed by atoms with Crippen LogP contribution in [0.3, 0.4) is 0 Å². The number of hydrogen-bond acceptors (Lipinski definition) is 3. The van der Waals surface area contributed by atoms with Gasteiger partial charge in [-0.05, 0) is 30.5 Å². The fraction of sp³-hybridized carbons (Fsp3) is 0.533. The zero-order chi connectivity index (χ0) is 13.9. The van der Waals surface area contributed by atoms with Crippen molar-refractivity contribution in [2.24, 2.45) is 5.92 Å². The Hall–Kier alpha value is -1.42. The highest BCUT2D eigenvalue weighted by atomic mass is 19.1. The van der Waals surface area contributed by atoms with Crippen molar-refractivity contribution in [1.29, 1.82) is 0 Å². The molecule has 0 bridgehead atoms. The first-order valence-corrected chi connectivity index (χ1v) is 6.66. The Morgan fingerprint density at radius 1 is 1.26 bits per heavy atom. The molecule has 0 aliphatic heterocycles. The van der Waals surface area contributed by atoms with Crippen molar-refractivity contribution in [1.82, 2.24) is 0 Å². The first kappa shape index (κ1) is 14.0. The summed E-state index contributed by atoms with van der Waals surface area (Å²) >= 11 is 0. The minimum absolute atomic E-state index is 0.167. The number of rotatable bonds is 3. The molecule has 0 radical (unpaired) electrons. The van der Waals surface area contributed by atoms with Crippen LogP contribution in [-0.2, 0) is 15.1 Å². The highest BCUT2D eigenvalue weighted by Crippen LogP contribution is 2.40. The molecule has 1 N–H and O–H groups in total. The van der Waals surface area contributed by atoms with Gasteiger partial charge in [-0.3, -0.25) is 0 Å². The molecule has 1 aliphatic rings. The molecule has 1 unspecified atom stereocenters. The minimum atomic E-state index is -1.66. The maximum atomic E-state index is 13.0. The van der Waals surface area contributed by atoms with Gasteiger partial charge in [-0.1, -0.05) is 31.4 Å². The first-order valence-electron chi connectivity index (χ1n) is 6.66. The van der Waals surface area contributed by atoms with Gasteiger partial charge in [-0.2, -0.15) is 0 Å². The topological polar surface area (TPSA) is 46.5 Å². The van der Waals surface area contributed by atoms with E-state index in [4.69, 9.17) is 4.74 Å². The number of hydrogen-bond donors (Lipinski definition) is 1. The standard InChI is InChI=1S/C15H19FO3/c1-19-14(17)15(18,11-5-3-2-4-6-11)12-7-9-13(16)10-8-12/h7-11,18H,2-6H2,1H3. The molecule has 1 saturated carbocycles. The molecule has 1 aromatic rings. The fourth-order valence-electron chi connectivity index (χ4n) is 2.90. The van der Waals surface area contributed by atoms with Gasteiger partial charge in [0, 0.05) is 5.92 Å². The Labute approximate surface area is 112 Å². The number of carbonyl (C=O) groups excluding carboxylic acids is 1. The lowest BCUT2D eigenvalue weighted by Gasteiger charge is -2.36. The minimum Gasteiger partial charge on any atom is -0.467 e. The van der Waals surface area contributed by atoms with Crippen molar-refractivity contribution in [2.75, 3.05) is 7.11 Å². The molecule has 3 nitrogen and oxygen atoms in total. The molecule has 0 heterocycles. The van der Waals surface area contributed by atoms with Crippen LogP contribution in [0, 0.1) is 11.7 Å². The summed E-state index contributed by atoms with van der Waals surface area (Å²) in [4.78, 5) is 12.1. The summed E-state index contributed by atoms with van der Waals surface area (Å²) in [5.41, 5.74) is -1.25. The Balaban J connectivity index is 2.38. The van der Waals surface area contributed by atoms with Gasteiger partial charge in [0.15, 0.2) is 5.60 Å².